The average molecular weight is 477 g/mol. The van der Waals surface area contributed by atoms with Gasteiger partial charge >= 0.3 is 0 Å². The van der Waals surface area contributed by atoms with E-state index in [-0.39, 0.29) is 41.5 Å². The summed E-state index contributed by atoms with van der Waals surface area (Å²) in [5.74, 6) is 0.658. The first-order chi connectivity index (χ1) is 16.7. The largest absolute Gasteiger partial charge is 0.300 e. The molecule has 0 N–H and O–H groups in total. The maximum absolute atomic E-state index is 13.4. The molecule has 35 heavy (non-hydrogen) atoms. The number of carbonyl (C=O) groups excluding carboxylic acids is 3. The van der Waals surface area contributed by atoms with Crippen LogP contribution in [0.4, 0.5) is 0 Å². The fourth-order valence-electron chi connectivity index (χ4n) is 6.42. The van der Waals surface area contributed by atoms with Crippen LogP contribution in [0, 0.1) is 24.7 Å². The van der Waals surface area contributed by atoms with E-state index in [1.165, 1.54) is 42.0 Å². The Kier molecular flexibility index (Phi) is 9.83. The summed E-state index contributed by atoms with van der Waals surface area (Å²) < 4.78 is 0. The van der Waals surface area contributed by atoms with E-state index in [1.54, 1.807) is 0 Å². The van der Waals surface area contributed by atoms with Crippen molar-refractivity contribution in [2.75, 3.05) is 0 Å². The van der Waals surface area contributed by atoms with Crippen LogP contribution in [0.15, 0.2) is 29.4 Å². The van der Waals surface area contributed by atoms with Crippen LogP contribution >= 0.6 is 0 Å². The molecule has 3 unspecified atom stereocenters. The van der Waals surface area contributed by atoms with Gasteiger partial charge < -0.3 is 0 Å². The molecule has 2 aliphatic carbocycles. The quantitative estimate of drug-likeness (QED) is 0.304. The smallest absolute Gasteiger partial charge is 0.163 e. The standard InChI is InChI=1S/C32H44O3/c1-6-11-26(28(7-2)30(34)17-23(5)33)18-24-19-29-27(15-14-21(3)32(29)31(35)20-24)16-22(4)25-12-9-8-10-13-25/h12,14-16,24,26,28H,6-11,13,17-20H2,1-5H3/b22-16+. The monoisotopic (exact) mass is 476 g/mol. The predicted octanol–water partition coefficient (Wildman–Crippen LogP) is 8.02. The van der Waals surface area contributed by atoms with Gasteiger partial charge in [-0.15, -0.1) is 0 Å². The summed E-state index contributed by atoms with van der Waals surface area (Å²) in [5, 5.41) is 0. The van der Waals surface area contributed by atoms with Gasteiger partial charge in [0, 0.05) is 17.9 Å². The van der Waals surface area contributed by atoms with Gasteiger partial charge in [0.15, 0.2) is 5.78 Å². The fourth-order valence-corrected chi connectivity index (χ4v) is 6.42. The zero-order valence-electron chi connectivity index (χ0n) is 22.5. The Labute approximate surface area is 212 Å². The van der Waals surface area contributed by atoms with Crippen molar-refractivity contribution in [1.29, 1.82) is 0 Å². The van der Waals surface area contributed by atoms with Crippen LogP contribution in [0.25, 0.3) is 6.08 Å². The molecule has 0 aromatic heterocycles. The van der Waals surface area contributed by atoms with E-state index in [9.17, 15) is 14.4 Å². The Balaban J connectivity index is 1.88. The Morgan fingerprint density at radius 3 is 2.51 bits per heavy atom. The molecular formula is C32H44O3. The number of fused-ring (bicyclic) bond motifs is 1. The van der Waals surface area contributed by atoms with E-state index in [4.69, 9.17) is 0 Å². The molecule has 0 amide bonds. The highest BCUT2D eigenvalue weighted by Gasteiger charge is 2.33. The van der Waals surface area contributed by atoms with Crippen molar-refractivity contribution < 1.29 is 14.4 Å². The van der Waals surface area contributed by atoms with Crippen LogP contribution in [-0.4, -0.2) is 17.3 Å². The van der Waals surface area contributed by atoms with E-state index in [1.807, 2.05) is 0 Å². The van der Waals surface area contributed by atoms with Crippen LogP contribution in [0.2, 0.25) is 0 Å². The number of allylic oxidation sites excluding steroid dienone is 3. The van der Waals surface area contributed by atoms with Gasteiger partial charge in [-0.3, -0.25) is 14.4 Å². The summed E-state index contributed by atoms with van der Waals surface area (Å²) in [6, 6.07) is 4.28. The molecule has 0 radical (unpaired) electrons. The molecule has 0 saturated carbocycles. The summed E-state index contributed by atoms with van der Waals surface area (Å²) in [7, 11) is 0. The van der Waals surface area contributed by atoms with Crippen molar-refractivity contribution >= 4 is 23.4 Å². The highest BCUT2D eigenvalue weighted by atomic mass is 16.1. The lowest BCUT2D eigenvalue weighted by Crippen LogP contribution is -2.30. The number of aryl methyl sites for hydroxylation is 1. The van der Waals surface area contributed by atoms with E-state index in [0.717, 1.165) is 56.1 Å². The normalized spacial score (nSPS) is 20.1. The van der Waals surface area contributed by atoms with E-state index in [2.05, 4.69) is 52.0 Å². The first-order valence-electron chi connectivity index (χ1n) is 13.8. The number of benzene rings is 1. The van der Waals surface area contributed by atoms with Gasteiger partial charge in [0.2, 0.25) is 0 Å². The minimum atomic E-state index is -0.0901. The molecule has 3 atom stereocenters. The maximum Gasteiger partial charge on any atom is 0.163 e. The van der Waals surface area contributed by atoms with Gasteiger partial charge in [0.25, 0.3) is 0 Å². The Morgan fingerprint density at radius 2 is 1.89 bits per heavy atom. The van der Waals surface area contributed by atoms with Gasteiger partial charge in [-0.2, -0.15) is 0 Å². The van der Waals surface area contributed by atoms with Gasteiger partial charge in [0.1, 0.15) is 11.6 Å². The summed E-state index contributed by atoms with van der Waals surface area (Å²) in [6.45, 7) is 9.97. The highest BCUT2D eigenvalue weighted by molar-refractivity contribution is 6.01. The van der Waals surface area contributed by atoms with E-state index >= 15 is 0 Å². The molecule has 0 bridgehead atoms. The molecule has 1 aromatic carbocycles. The highest BCUT2D eigenvalue weighted by Crippen LogP contribution is 2.38. The zero-order chi connectivity index (χ0) is 25.5. The van der Waals surface area contributed by atoms with Gasteiger partial charge in [-0.25, -0.2) is 0 Å². The average Bonchev–Trinajstić information content (AvgIpc) is 2.81. The lowest BCUT2D eigenvalue weighted by atomic mass is 9.71. The van der Waals surface area contributed by atoms with Gasteiger partial charge in [0.05, 0.1) is 6.42 Å². The van der Waals surface area contributed by atoms with Crippen molar-refractivity contribution in [2.45, 2.75) is 105 Å². The molecule has 2 aliphatic rings. The third kappa shape index (κ3) is 6.90. The summed E-state index contributed by atoms with van der Waals surface area (Å²) >= 11 is 0. The van der Waals surface area contributed by atoms with Crippen LogP contribution < -0.4 is 0 Å². The first-order valence-corrected chi connectivity index (χ1v) is 13.8. The van der Waals surface area contributed by atoms with Crippen molar-refractivity contribution in [1.82, 2.24) is 0 Å². The van der Waals surface area contributed by atoms with Crippen molar-refractivity contribution in [2.24, 2.45) is 17.8 Å². The topological polar surface area (TPSA) is 51.2 Å². The van der Waals surface area contributed by atoms with Gasteiger partial charge in [-0.05, 0) is 105 Å². The lowest BCUT2D eigenvalue weighted by Gasteiger charge is -2.32. The van der Waals surface area contributed by atoms with Gasteiger partial charge in [-0.1, -0.05) is 51.0 Å². The van der Waals surface area contributed by atoms with Crippen LogP contribution in [0.1, 0.15) is 119 Å². The number of hydrogen-bond acceptors (Lipinski definition) is 3. The number of ketones is 3. The fraction of sp³-hybridized carbons (Fsp3) is 0.594. The molecule has 3 heteroatoms. The van der Waals surface area contributed by atoms with Crippen molar-refractivity contribution in [3.05, 3.63) is 51.6 Å². The molecule has 0 heterocycles. The SMILES string of the molecule is CCCC(CC1CC(=O)c2c(C)ccc(/C=C(\C)C3=CCCCC3)c2C1)C(CC)C(=O)CC(C)=O. The summed E-state index contributed by atoms with van der Waals surface area (Å²) in [6.07, 6.45) is 14.6. The Bertz CT molecular complexity index is 1010. The second-order valence-corrected chi connectivity index (χ2v) is 11.0. The Morgan fingerprint density at radius 1 is 1.11 bits per heavy atom. The minimum absolute atomic E-state index is 0.0361. The molecule has 0 fully saturated rings. The third-order valence-electron chi connectivity index (χ3n) is 8.11. The molecule has 0 spiro atoms. The van der Waals surface area contributed by atoms with Crippen LogP contribution in [0.3, 0.4) is 0 Å². The maximum atomic E-state index is 13.4. The number of hydrogen-bond donors (Lipinski definition) is 0. The summed E-state index contributed by atoms with van der Waals surface area (Å²) in [4.78, 5) is 37.9. The number of Topliss-reactive ketones (excluding diaryl/α,β-unsaturated/α-hetero) is 3. The van der Waals surface area contributed by atoms with Crippen LogP contribution in [0.5, 0.6) is 0 Å². The first kappa shape index (κ1) is 27.3. The summed E-state index contributed by atoms with van der Waals surface area (Å²) in [5.41, 5.74) is 7.13. The molecule has 190 valence electrons. The second kappa shape index (κ2) is 12.6. The molecular weight excluding hydrogens is 432 g/mol. The molecule has 3 rings (SSSR count). The van der Waals surface area contributed by atoms with E-state index < -0.39 is 0 Å². The third-order valence-corrected chi connectivity index (χ3v) is 8.11. The molecule has 0 saturated heterocycles. The Hall–Kier alpha value is -2.29. The van der Waals surface area contributed by atoms with Crippen molar-refractivity contribution in [3.8, 4) is 0 Å². The molecule has 0 aliphatic heterocycles. The van der Waals surface area contributed by atoms with E-state index in [0.29, 0.717) is 6.42 Å². The molecule has 1 aromatic rings. The van der Waals surface area contributed by atoms with Crippen molar-refractivity contribution in [3.63, 3.8) is 0 Å². The lowest BCUT2D eigenvalue weighted by molar-refractivity contribution is -0.129. The molecule has 3 nitrogen and oxygen atoms in total. The minimum Gasteiger partial charge on any atom is -0.300 e. The number of rotatable bonds is 11. The predicted molar refractivity (Wildman–Crippen MR) is 145 cm³/mol. The second-order valence-electron chi connectivity index (χ2n) is 11.0. The number of carbonyl (C=O) groups is 3. The van der Waals surface area contributed by atoms with Crippen LogP contribution in [-0.2, 0) is 16.0 Å². The zero-order valence-corrected chi connectivity index (χ0v) is 22.5.